The lowest BCUT2D eigenvalue weighted by atomic mass is 9.89. The van der Waals surface area contributed by atoms with Crippen LogP contribution in [0.5, 0.6) is 0 Å². The number of aliphatic hydroxyl groups is 1. The fraction of sp³-hybridized carbons (Fsp3) is 1.00. The largest absolute Gasteiger partial charge is 0.392 e. The van der Waals surface area contributed by atoms with Gasteiger partial charge in [0.2, 0.25) is 0 Å². The van der Waals surface area contributed by atoms with Gasteiger partial charge in [-0.3, -0.25) is 4.90 Å². The van der Waals surface area contributed by atoms with Crippen LogP contribution in [0.2, 0.25) is 0 Å². The van der Waals surface area contributed by atoms with Crippen molar-refractivity contribution in [1.82, 2.24) is 10.2 Å². The third-order valence-electron chi connectivity index (χ3n) is 4.01. The summed E-state index contributed by atoms with van der Waals surface area (Å²) in [6, 6.07) is 0.921. The summed E-state index contributed by atoms with van der Waals surface area (Å²) < 4.78 is 0. The quantitative estimate of drug-likeness (QED) is 0.735. The second kappa shape index (κ2) is 5.83. The molecule has 0 spiro atoms. The molecule has 0 radical (unpaired) electrons. The Hall–Kier alpha value is -0.120. The Morgan fingerprint density at radius 2 is 1.73 bits per heavy atom. The van der Waals surface area contributed by atoms with Crippen molar-refractivity contribution in [3.05, 3.63) is 0 Å². The Labute approximate surface area is 93.9 Å². The number of aliphatic hydroxyl groups excluding tert-OH is 1. The molecular formula is C12H26N2O. The van der Waals surface area contributed by atoms with E-state index in [2.05, 4.69) is 24.1 Å². The van der Waals surface area contributed by atoms with Crippen LogP contribution in [0.15, 0.2) is 0 Å². The van der Waals surface area contributed by atoms with Crippen LogP contribution in [0, 0.1) is 5.92 Å². The smallest absolute Gasteiger partial charge is 0.0664 e. The van der Waals surface area contributed by atoms with Gasteiger partial charge in [0.15, 0.2) is 0 Å². The molecule has 3 heteroatoms. The highest BCUT2D eigenvalue weighted by Gasteiger charge is 2.26. The van der Waals surface area contributed by atoms with Gasteiger partial charge in [0, 0.05) is 12.1 Å². The SMILES string of the molecule is CNC(C)C1CCN(C(C)C(C)O)CC1. The first-order valence-corrected chi connectivity index (χ1v) is 6.15. The van der Waals surface area contributed by atoms with Crippen molar-refractivity contribution in [2.75, 3.05) is 20.1 Å². The number of likely N-dealkylation sites (tertiary alicyclic amines) is 1. The zero-order valence-corrected chi connectivity index (χ0v) is 10.5. The summed E-state index contributed by atoms with van der Waals surface area (Å²) in [5.41, 5.74) is 0. The first-order chi connectivity index (χ1) is 7.06. The van der Waals surface area contributed by atoms with Gasteiger partial charge in [-0.15, -0.1) is 0 Å². The number of piperidine rings is 1. The minimum atomic E-state index is -0.219. The highest BCUT2D eigenvalue weighted by molar-refractivity contribution is 4.82. The lowest BCUT2D eigenvalue weighted by Crippen LogP contribution is -2.47. The number of rotatable bonds is 4. The summed E-state index contributed by atoms with van der Waals surface area (Å²) in [7, 11) is 2.04. The van der Waals surface area contributed by atoms with Crippen molar-refractivity contribution in [3.63, 3.8) is 0 Å². The van der Waals surface area contributed by atoms with Gasteiger partial charge >= 0.3 is 0 Å². The van der Waals surface area contributed by atoms with Crippen molar-refractivity contribution in [3.8, 4) is 0 Å². The first-order valence-electron chi connectivity index (χ1n) is 6.15. The van der Waals surface area contributed by atoms with Crippen LogP contribution in [-0.4, -0.2) is 48.3 Å². The summed E-state index contributed by atoms with van der Waals surface area (Å²) in [5, 5.41) is 12.9. The molecule has 0 aliphatic carbocycles. The predicted molar refractivity (Wildman–Crippen MR) is 64.0 cm³/mol. The third kappa shape index (κ3) is 3.44. The topological polar surface area (TPSA) is 35.5 Å². The van der Waals surface area contributed by atoms with Crippen molar-refractivity contribution >= 4 is 0 Å². The molecule has 15 heavy (non-hydrogen) atoms. The van der Waals surface area contributed by atoms with Gasteiger partial charge < -0.3 is 10.4 Å². The Bertz CT molecular complexity index is 176. The Morgan fingerprint density at radius 3 is 2.13 bits per heavy atom. The average Bonchev–Trinajstić information content (AvgIpc) is 2.27. The summed E-state index contributed by atoms with van der Waals surface area (Å²) in [4.78, 5) is 2.41. The lowest BCUT2D eigenvalue weighted by molar-refractivity contribution is 0.0444. The molecule has 0 aromatic carbocycles. The maximum atomic E-state index is 9.54. The van der Waals surface area contributed by atoms with Gasteiger partial charge in [0.1, 0.15) is 0 Å². The molecule has 2 N–H and O–H groups in total. The highest BCUT2D eigenvalue weighted by Crippen LogP contribution is 2.22. The zero-order valence-electron chi connectivity index (χ0n) is 10.5. The molecule has 90 valence electrons. The minimum absolute atomic E-state index is 0.219. The number of nitrogens with zero attached hydrogens (tertiary/aromatic N) is 1. The molecule has 0 aromatic heterocycles. The average molecular weight is 214 g/mol. The van der Waals surface area contributed by atoms with E-state index in [4.69, 9.17) is 0 Å². The van der Waals surface area contributed by atoms with E-state index in [0.29, 0.717) is 12.1 Å². The van der Waals surface area contributed by atoms with E-state index in [1.807, 2.05) is 14.0 Å². The van der Waals surface area contributed by atoms with Gasteiger partial charge in [-0.2, -0.15) is 0 Å². The van der Waals surface area contributed by atoms with Crippen LogP contribution in [0.3, 0.4) is 0 Å². The molecule has 0 aromatic rings. The molecule has 1 aliphatic heterocycles. The monoisotopic (exact) mass is 214 g/mol. The molecule has 3 unspecified atom stereocenters. The van der Waals surface area contributed by atoms with Gasteiger partial charge in [-0.25, -0.2) is 0 Å². The molecule has 0 bridgehead atoms. The highest BCUT2D eigenvalue weighted by atomic mass is 16.3. The summed E-state index contributed by atoms with van der Waals surface area (Å²) in [5.74, 6) is 0.799. The maximum Gasteiger partial charge on any atom is 0.0664 e. The van der Waals surface area contributed by atoms with Gasteiger partial charge in [-0.1, -0.05) is 0 Å². The minimum Gasteiger partial charge on any atom is -0.392 e. The number of hydrogen-bond donors (Lipinski definition) is 2. The summed E-state index contributed by atoms with van der Waals surface area (Å²) in [6.45, 7) is 8.52. The number of nitrogens with one attached hydrogen (secondary N) is 1. The van der Waals surface area contributed by atoms with Crippen molar-refractivity contribution < 1.29 is 5.11 Å². The van der Waals surface area contributed by atoms with Crippen LogP contribution in [-0.2, 0) is 0 Å². The van der Waals surface area contributed by atoms with Crippen LogP contribution in [0.1, 0.15) is 33.6 Å². The molecule has 3 atom stereocenters. The van der Waals surface area contributed by atoms with Crippen molar-refractivity contribution in [1.29, 1.82) is 0 Å². The van der Waals surface area contributed by atoms with E-state index < -0.39 is 0 Å². The van der Waals surface area contributed by atoms with Crippen LogP contribution in [0.25, 0.3) is 0 Å². The lowest BCUT2D eigenvalue weighted by Gasteiger charge is -2.39. The van der Waals surface area contributed by atoms with Gasteiger partial charge in [0.25, 0.3) is 0 Å². The molecule has 1 heterocycles. The molecule has 1 aliphatic rings. The molecule has 0 saturated carbocycles. The summed E-state index contributed by atoms with van der Waals surface area (Å²) >= 11 is 0. The van der Waals surface area contributed by atoms with Gasteiger partial charge in [-0.05, 0) is 59.7 Å². The molecule has 0 amide bonds. The number of hydrogen-bond acceptors (Lipinski definition) is 3. The Morgan fingerprint density at radius 1 is 1.20 bits per heavy atom. The molecular weight excluding hydrogens is 188 g/mol. The van der Waals surface area contributed by atoms with E-state index in [1.165, 1.54) is 12.8 Å². The van der Waals surface area contributed by atoms with Crippen molar-refractivity contribution in [2.45, 2.75) is 51.8 Å². The van der Waals surface area contributed by atoms with E-state index >= 15 is 0 Å². The third-order valence-corrected chi connectivity index (χ3v) is 4.01. The van der Waals surface area contributed by atoms with E-state index in [-0.39, 0.29) is 6.10 Å². The predicted octanol–water partition coefficient (Wildman–Crippen LogP) is 1.08. The standard InChI is InChI=1S/C12H26N2O/c1-9(13-4)12-5-7-14(8-6-12)10(2)11(3)15/h9-13,15H,5-8H2,1-4H3. The Kier molecular flexibility index (Phi) is 5.03. The van der Waals surface area contributed by atoms with Crippen molar-refractivity contribution in [2.24, 2.45) is 5.92 Å². The zero-order chi connectivity index (χ0) is 11.4. The summed E-state index contributed by atoms with van der Waals surface area (Å²) in [6.07, 6.45) is 2.28. The van der Waals surface area contributed by atoms with E-state index in [1.54, 1.807) is 0 Å². The molecule has 1 saturated heterocycles. The van der Waals surface area contributed by atoms with E-state index in [9.17, 15) is 5.11 Å². The Balaban J connectivity index is 2.35. The fourth-order valence-corrected chi connectivity index (χ4v) is 2.37. The maximum absolute atomic E-state index is 9.54. The molecule has 1 fully saturated rings. The van der Waals surface area contributed by atoms with E-state index in [0.717, 1.165) is 19.0 Å². The normalized spacial score (nSPS) is 26.2. The molecule has 1 rings (SSSR count). The second-order valence-corrected chi connectivity index (χ2v) is 4.93. The van der Waals surface area contributed by atoms with Gasteiger partial charge in [0.05, 0.1) is 6.10 Å². The fourth-order valence-electron chi connectivity index (χ4n) is 2.37. The first kappa shape index (κ1) is 12.9. The second-order valence-electron chi connectivity index (χ2n) is 4.93. The van der Waals surface area contributed by atoms with Crippen LogP contribution >= 0.6 is 0 Å². The van der Waals surface area contributed by atoms with Crippen LogP contribution < -0.4 is 5.32 Å². The van der Waals surface area contributed by atoms with Crippen LogP contribution in [0.4, 0.5) is 0 Å². The molecule has 3 nitrogen and oxygen atoms in total.